The van der Waals surface area contributed by atoms with Crippen LogP contribution in [0, 0.1) is 0 Å². The van der Waals surface area contributed by atoms with Crippen molar-refractivity contribution >= 4 is 29.9 Å². The van der Waals surface area contributed by atoms with E-state index >= 15 is 0 Å². The Labute approximate surface area is 201 Å². The summed E-state index contributed by atoms with van der Waals surface area (Å²) in [5, 5.41) is 6.58. The average Bonchev–Trinajstić information content (AvgIpc) is 2.79. The number of rotatable bonds is 10. The zero-order valence-corrected chi connectivity index (χ0v) is 21.2. The summed E-state index contributed by atoms with van der Waals surface area (Å²) in [7, 11) is 8.04. The van der Waals surface area contributed by atoms with Gasteiger partial charge in [-0.25, -0.2) is 4.99 Å². The predicted molar refractivity (Wildman–Crippen MR) is 133 cm³/mol. The van der Waals surface area contributed by atoms with Crippen molar-refractivity contribution in [2.24, 2.45) is 4.99 Å². The third kappa shape index (κ3) is 7.27. The van der Waals surface area contributed by atoms with E-state index in [1.54, 1.807) is 35.5 Å². The standard InChI is InChI=1S/C22H31N3O5.HI/c1-7-23-22(25-14-16-8-9-17(26-2)12-18(16)27-3)24-13-15-10-19(28-4)21(30-6)20(11-15)29-5;/h8-12H,7,13-14H2,1-6H3,(H2,23,24,25);1H. The van der Waals surface area contributed by atoms with Crippen molar-refractivity contribution in [3.8, 4) is 28.7 Å². The second-order valence-electron chi connectivity index (χ2n) is 6.26. The van der Waals surface area contributed by atoms with Gasteiger partial charge >= 0.3 is 0 Å². The highest BCUT2D eigenvalue weighted by Crippen LogP contribution is 2.38. The van der Waals surface area contributed by atoms with Gasteiger partial charge in [-0.3, -0.25) is 0 Å². The molecule has 0 amide bonds. The predicted octanol–water partition coefficient (Wildman–Crippen LogP) is 3.60. The molecule has 0 fully saturated rings. The normalized spacial score (nSPS) is 10.6. The van der Waals surface area contributed by atoms with Crippen LogP contribution < -0.4 is 34.3 Å². The minimum Gasteiger partial charge on any atom is -0.497 e. The second-order valence-corrected chi connectivity index (χ2v) is 6.26. The topological polar surface area (TPSA) is 82.6 Å². The number of nitrogens with one attached hydrogen (secondary N) is 2. The fraction of sp³-hybridized carbons (Fsp3) is 0.409. The van der Waals surface area contributed by atoms with Crippen LogP contribution in [0.5, 0.6) is 28.7 Å². The van der Waals surface area contributed by atoms with Crippen molar-refractivity contribution in [3.05, 3.63) is 41.5 Å². The molecule has 0 spiro atoms. The summed E-state index contributed by atoms with van der Waals surface area (Å²) in [6.07, 6.45) is 0. The first kappa shape index (κ1) is 26.5. The van der Waals surface area contributed by atoms with E-state index in [0.29, 0.717) is 36.3 Å². The Hall–Kier alpha value is -2.56. The van der Waals surface area contributed by atoms with Crippen LogP contribution in [0.25, 0.3) is 0 Å². The molecule has 2 rings (SSSR count). The van der Waals surface area contributed by atoms with Gasteiger partial charge in [0.05, 0.1) is 42.1 Å². The highest BCUT2D eigenvalue weighted by Gasteiger charge is 2.13. The third-order valence-corrected chi connectivity index (χ3v) is 4.43. The lowest BCUT2D eigenvalue weighted by molar-refractivity contribution is 0.324. The highest BCUT2D eigenvalue weighted by atomic mass is 127. The van der Waals surface area contributed by atoms with Crippen LogP contribution in [-0.2, 0) is 13.1 Å². The summed E-state index contributed by atoms with van der Waals surface area (Å²) < 4.78 is 26.9. The molecule has 0 saturated heterocycles. The number of guanidine groups is 1. The summed E-state index contributed by atoms with van der Waals surface area (Å²) in [5.74, 6) is 3.94. The van der Waals surface area contributed by atoms with Gasteiger partial charge in [0.15, 0.2) is 17.5 Å². The van der Waals surface area contributed by atoms with E-state index in [1.807, 2.05) is 37.3 Å². The Bertz CT molecular complexity index is 836. The molecule has 0 aliphatic carbocycles. The molecule has 172 valence electrons. The molecule has 0 bridgehead atoms. The zero-order chi connectivity index (χ0) is 21.9. The van der Waals surface area contributed by atoms with E-state index in [2.05, 4.69) is 15.6 Å². The van der Waals surface area contributed by atoms with E-state index in [0.717, 1.165) is 29.2 Å². The molecule has 0 heterocycles. The van der Waals surface area contributed by atoms with Crippen molar-refractivity contribution in [2.45, 2.75) is 20.0 Å². The largest absolute Gasteiger partial charge is 0.497 e. The molecule has 0 aliphatic rings. The van der Waals surface area contributed by atoms with Gasteiger partial charge in [-0.05, 0) is 36.8 Å². The quantitative estimate of drug-likeness (QED) is 0.268. The van der Waals surface area contributed by atoms with Gasteiger partial charge < -0.3 is 34.3 Å². The maximum Gasteiger partial charge on any atom is 0.203 e. The molecule has 8 nitrogen and oxygen atoms in total. The molecule has 0 aliphatic heterocycles. The summed E-state index contributed by atoms with van der Waals surface area (Å²) in [6.45, 7) is 3.74. The summed E-state index contributed by atoms with van der Waals surface area (Å²) >= 11 is 0. The number of nitrogens with zero attached hydrogens (tertiary/aromatic N) is 1. The summed E-state index contributed by atoms with van der Waals surface area (Å²) in [4.78, 5) is 4.67. The Kier molecular flexibility index (Phi) is 11.7. The van der Waals surface area contributed by atoms with Crippen molar-refractivity contribution in [1.82, 2.24) is 10.6 Å². The van der Waals surface area contributed by atoms with Gasteiger partial charge in [-0.1, -0.05) is 0 Å². The molecule has 0 unspecified atom stereocenters. The molecular weight excluding hydrogens is 513 g/mol. The Balaban J connectivity index is 0.00000480. The maximum atomic E-state index is 5.46. The Morgan fingerprint density at radius 3 is 1.97 bits per heavy atom. The average molecular weight is 545 g/mol. The first-order valence-corrected chi connectivity index (χ1v) is 9.62. The fourth-order valence-electron chi connectivity index (χ4n) is 2.92. The molecule has 2 aromatic rings. The number of methoxy groups -OCH3 is 5. The maximum absolute atomic E-state index is 5.46. The lowest BCUT2D eigenvalue weighted by atomic mass is 10.2. The smallest absolute Gasteiger partial charge is 0.203 e. The van der Waals surface area contributed by atoms with E-state index < -0.39 is 0 Å². The second kappa shape index (κ2) is 13.7. The highest BCUT2D eigenvalue weighted by molar-refractivity contribution is 14.0. The fourth-order valence-corrected chi connectivity index (χ4v) is 2.92. The Morgan fingerprint density at radius 1 is 0.806 bits per heavy atom. The molecular formula is C22H32IN3O5. The first-order chi connectivity index (χ1) is 14.6. The molecule has 0 atom stereocenters. The number of aliphatic imine (C=N–C) groups is 1. The third-order valence-electron chi connectivity index (χ3n) is 4.43. The summed E-state index contributed by atoms with van der Waals surface area (Å²) in [5.41, 5.74) is 1.93. The van der Waals surface area contributed by atoms with Crippen LogP contribution in [0.15, 0.2) is 35.3 Å². The van der Waals surface area contributed by atoms with Gasteiger partial charge in [0, 0.05) is 24.7 Å². The first-order valence-electron chi connectivity index (χ1n) is 9.62. The number of benzene rings is 2. The molecule has 0 radical (unpaired) electrons. The van der Waals surface area contributed by atoms with Crippen LogP contribution in [-0.4, -0.2) is 48.1 Å². The van der Waals surface area contributed by atoms with Gasteiger partial charge in [-0.15, -0.1) is 24.0 Å². The number of ether oxygens (including phenoxy) is 5. The Morgan fingerprint density at radius 2 is 1.45 bits per heavy atom. The van der Waals surface area contributed by atoms with Gasteiger partial charge in [0.25, 0.3) is 0 Å². The number of hydrogen-bond donors (Lipinski definition) is 2. The lowest BCUT2D eigenvalue weighted by Crippen LogP contribution is -2.36. The molecule has 0 aromatic heterocycles. The lowest BCUT2D eigenvalue weighted by Gasteiger charge is -2.15. The van der Waals surface area contributed by atoms with Gasteiger partial charge in [-0.2, -0.15) is 0 Å². The monoisotopic (exact) mass is 545 g/mol. The van der Waals surface area contributed by atoms with E-state index in [4.69, 9.17) is 23.7 Å². The van der Waals surface area contributed by atoms with Crippen molar-refractivity contribution in [2.75, 3.05) is 42.1 Å². The van der Waals surface area contributed by atoms with Crippen LogP contribution in [0.3, 0.4) is 0 Å². The molecule has 2 N–H and O–H groups in total. The van der Waals surface area contributed by atoms with Crippen LogP contribution >= 0.6 is 24.0 Å². The zero-order valence-electron chi connectivity index (χ0n) is 18.9. The van der Waals surface area contributed by atoms with Crippen LogP contribution in [0.4, 0.5) is 0 Å². The molecule has 0 saturated carbocycles. The van der Waals surface area contributed by atoms with E-state index in [-0.39, 0.29) is 24.0 Å². The van der Waals surface area contributed by atoms with E-state index in [9.17, 15) is 0 Å². The van der Waals surface area contributed by atoms with Crippen molar-refractivity contribution < 1.29 is 23.7 Å². The minimum atomic E-state index is 0. The van der Waals surface area contributed by atoms with Gasteiger partial charge in [0.1, 0.15) is 11.5 Å². The molecule has 9 heteroatoms. The van der Waals surface area contributed by atoms with E-state index in [1.165, 1.54) is 0 Å². The number of halogens is 1. The van der Waals surface area contributed by atoms with Crippen molar-refractivity contribution in [3.63, 3.8) is 0 Å². The van der Waals surface area contributed by atoms with Crippen molar-refractivity contribution in [1.29, 1.82) is 0 Å². The van der Waals surface area contributed by atoms with Gasteiger partial charge in [0.2, 0.25) is 5.75 Å². The minimum absolute atomic E-state index is 0. The molecule has 31 heavy (non-hydrogen) atoms. The SMILES string of the molecule is CCNC(=NCc1cc(OC)c(OC)c(OC)c1)NCc1ccc(OC)cc1OC.I. The van der Waals surface area contributed by atoms with Crippen LogP contribution in [0.1, 0.15) is 18.1 Å². The number of hydrogen-bond acceptors (Lipinski definition) is 6. The summed E-state index contributed by atoms with van der Waals surface area (Å²) in [6, 6.07) is 9.51. The molecule has 2 aromatic carbocycles. The van der Waals surface area contributed by atoms with Crippen LogP contribution in [0.2, 0.25) is 0 Å².